The lowest BCUT2D eigenvalue weighted by atomic mass is 10.1. The van der Waals surface area contributed by atoms with Gasteiger partial charge in [-0.3, -0.25) is 4.79 Å². The van der Waals surface area contributed by atoms with Gasteiger partial charge in [0.05, 0.1) is 5.69 Å². The lowest BCUT2D eigenvalue weighted by molar-refractivity contribution is 0.0697. The van der Waals surface area contributed by atoms with Crippen LogP contribution in [-0.2, 0) is 0 Å². The molecular formula is C13H12N2O4S. The molecule has 0 spiro atoms. The fraction of sp³-hybridized carbons (Fsp3) is 0.154. The normalized spacial score (nSPS) is 10.3. The molecule has 7 heteroatoms. The highest BCUT2D eigenvalue weighted by Crippen LogP contribution is 2.25. The summed E-state index contributed by atoms with van der Waals surface area (Å²) in [5.41, 5.74) is 1.32. The van der Waals surface area contributed by atoms with Crippen molar-refractivity contribution in [3.63, 3.8) is 0 Å². The topological polar surface area (TPSA) is 99.5 Å². The fourth-order valence-corrected chi connectivity index (χ4v) is 2.56. The Morgan fingerprint density at radius 3 is 2.60 bits per heavy atom. The summed E-state index contributed by atoms with van der Waals surface area (Å²) in [6.45, 7) is 3.26. The van der Waals surface area contributed by atoms with Crippen molar-refractivity contribution < 1.29 is 19.8 Å². The van der Waals surface area contributed by atoms with Crippen molar-refractivity contribution >= 4 is 28.4 Å². The summed E-state index contributed by atoms with van der Waals surface area (Å²) < 4.78 is 3.93. The van der Waals surface area contributed by atoms with E-state index in [1.54, 1.807) is 13.8 Å². The number of hydrogen-bond donors (Lipinski definition) is 3. The van der Waals surface area contributed by atoms with Crippen LogP contribution in [-0.4, -0.2) is 26.5 Å². The SMILES string of the molecule is Cc1cc(O)ccc1C(=O)Nc1snc(C)c1C(=O)O. The number of aromatic hydroxyl groups is 1. The molecule has 0 bridgehead atoms. The van der Waals surface area contributed by atoms with Crippen molar-refractivity contribution in [2.24, 2.45) is 0 Å². The number of carboxylic acids is 1. The molecular weight excluding hydrogens is 280 g/mol. The van der Waals surface area contributed by atoms with Gasteiger partial charge >= 0.3 is 5.97 Å². The van der Waals surface area contributed by atoms with Crippen LogP contribution in [0.25, 0.3) is 0 Å². The Morgan fingerprint density at radius 2 is 2.00 bits per heavy atom. The molecule has 1 aromatic heterocycles. The summed E-state index contributed by atoms with van der Waals surface area (Å²) in [5.74, 6) is -1.50. The molecule has 6 nitrogen and oxygen atoms in total. The van der Waals surface area contributed by atoms with Gasteiger partial charge < -0.3 is 15.5 Å². The molecule has 0 atom stereocenters. The van der Waals surface area contributed by atoms with Gasteiger partial charge in [-0.15, -0.1) is 0 Å². The molecule has 104 valence electrons. The molecule has 1 amide bonds. The van der Waals surface area contributed by atoms with Gasteiger partial charge in [0, 0.05) is 5.56 Å². The Balaban J connectivity index is 2.31. The maximum atomic E-state index is 12.1. The molecule has 0 saturated carbocycles. The number of hydrogen-bond acceptors (Lipinski definition) is 5. The van der Waals surface area contributed by atoms with Crippen molar-refractivity contribution in [2.45, 2.75) is 13.8 Å². The zero-order valence-corrected chi connectivity index (χ0v) is 11.6. The summed E-state index contributed by atoms with van der Waals surface area (Å²) in [7, 11) is 0. The first-order valence-corrected chi connectivity index (χ1v) is 6.48. The van der Waals surface area contributed by atoms with Gasteiger partial charge in [0.15, 0.2) is 0 Å². The predicted octanol–water partition coefficient (Wildman–Crippen LogP) is 2.42. The van der Waals surface area contributed by atoms with Gasteiger partial charge in [-0.1, -0.05) is 0 Å². The standard InChI is InChI=1S/C13H12N2O4S/c1-6-5-8(16)3-4-9(6)11(17)14-12-10(13(18)19)7(2)15-20-12/h3-5,16H,1-2H3,(H,14,17)(H,18,19). The average Bonchev–Trinajstić information content (AvgIpc) is 2.70. The summed E-state index contributed by atoms with van der Waals surface area (Å²) in [5, 5.41) is 21.1. The Hall–Kier alpha value is -2.41. The summed E-state index contributed by atoms with van der Waals surface area (Å²) >= 11 is 0.924. The highest BCUT2D eigenvalue weighted by molar-refractivity contribution is 7.11. The van der Waals surface area contributed by atoms with Crippen LogP contribution in [0.3, 0.4) is 0 Å². The third-order valence-corrected chi connectivity index (χ3v) is 3.61. The zero-order chi connectivity index (χ0) is 14.9. The minimum Gasteiger partial charge on any atom is -0.508 e. The maximum absolute atomic E-state index is 12.1. The molecule has 0 aliphatic rings. The lowest BCUT2D eigenvalue weighted by Crippen LogP contribution is -2.14. The number of anilines is 1. The average molecular weight is 292 g/mol. The minimum absolute atomic E-state index is 0.000202. The number of aromatic carboxylic acids is 1. The number of amides is 1. The first-order chi connectivity index (χ1) is 9.40. The molecule has 20 heavy (non-hydrogen) atoms. The molecule has 1 heterocycles. The first kappa shape index (κ1) is 14.0. The van der Waals surface area contributed by atoms with Gasteiger partial charge in [-0.2, -0.15) is 4.37 Å². The molecule has 0 radical (unpaired) electrons. The Bertz CT molecular complexity index is 694. The minimum atomic E-state index is -1.13. The van der Waals surface area contributed by atoms with Crippen LogP contribution in [0.1, 0.15) is 32.0 Å². The van der Waals surface area contributed by atoms with E-state index in [2.05, 4.69) is 9.69 Å². The van der Waals surface area contributed by atoms with Gasteiger partial charge in [0.1, 0.15) is 16.3 Å². The number of phenolic OH excluding ortho intramolecular Hbond substituents is 1. The van der Waals surface area contributed by atoms with E-state index >= 15 is 0 Å². The van der Waals surface area contributed by atoms with E-state index in [9.17, 15) is 14.7 Å². The second kappa shape index (κ2) is 5.30. The number of benzene rings is 1. The van der Waals surface area contributed by atoms with Crippen molar-refractivity contribution in [3.8, 4) is 5.75 Å². The molecule has 1 aromatic carbocycles. The summed E-state index contributed by atoms with van der Waals surface area (Å²) in [6, 6.07) is 4.34. The molecule has 0 aliphatic carbocycles. The van der Waals surface area contributed by atoms with Crippen LogP contribution in [0, 0.1) is 13.8 Å². The number of rotatable bonds is 3. The number of aryl methyl sites for hydroxylation is 2. The number of nitrogens with one attached hydrogen (secondary N) is 1. The van der Waals surface area contributed by atoms with Crippen molar-refractivity contribution in [1.82, 2.24) is 4.37 Å². The highest BCUT2D eigenvalue weighted by atomic mass is 32.1. The maximum Gasteiger partial charge on any atom is 0.340 e. The largest absolute Gasteiger partial charge is 0.508 e. The van der Waals surface area contributed by atoms with Crippen LogP contribution in [0.2, 0.25) is 0 Å². The quantitative estimate of drug-likeness (QED) is 0.806. The fourth-order valence-electron chi connectivity index (χ4n) is 1.78. The van der Waals surface area contributed by atoms with E-state index in [1.165, 1.54) is 18.2 Å². The van der Waals surface area contributed by atoms with Gasteiger partial charge in [-0.05, 0) is 49.1 Å². The van der Waals surface area contributed by atoms with E-state index in [4.69, 9.17) is 5.11 Å². The Labute approximate surface area is 118 Å². The van der Waals surface area contributed by atoms with Gasteiger partial charge in [0.25, 0.3) is 5.91 Å². The Kier molecular flexibility index (Phi) is 3.71. The Morgan fingerprint density at radius 1 is 1.30 bits per heavy atom. The zero-order valence-electron chi connectivity index (χ0n) is 10.8. The van der Waals surface area contributed by atoms with Gasteiger partial charge in [-0.25, -0.2) is 4.79 Å². The number of carbonyl (C=O) groups is 2. The van der Waals surface area contributed by atoms with Crippen LogP contribution in [0.15, 0.2) is 18.2 Å². The number of phenols is 1. The van der Waals surface area contributed by atoms with Crippen molar-refractivity contribution in [2.75, 3.05) is 5.32 Å². The highest BCUT2D eigenvalue weighted by Gasteiger charge is 2.20. The summed E-state index contributed by atoms with van der Waals surface area (Å²) in [6.07, 6.45) is 0. The molecule has 0 unspecified atom stereocenters. The number of carboxylic acid groups (broad SMARTS) is 1. The van der Waals surface area contributed by atoms with Crippen LogP contribution in [0.5, 0.6) is 5.75 Å². The molecule has 0 fully saturated rings. The van der Waals surface area contributed by atoms with Crippen LogP contribution < -0.4 is 5.32 Å². The van der Waals surface area contributed by atoms with Crippen molar-refractivity contribution in [3.05, 3.63) is 40.6 Å². The molecule has 3 N–H and O–H groups in total. The van der Waals surface area contributed by atoms with E-state index in [1.807, 2.05) is 0 Å². The van der Waals surface area contributed by atoms with Crippen LogP contribution >= 0.6 is 11.5 Å². The molecule has 2 rings (SSSR count). The van der Waals surface area contributed by atoms with Crippen molar-refractivity contribution in [1.29, 1.82) is 0 Å². The number of carbonyl (C=O) groups excluding carboxylic acids is 1. The number of nitrogens with zero attached hydrogens (tertiary/aromatic N) is 1. The molecule has 0 aliphatic heterocycles. The number of aromatic nitrogens is 1. The van der Waals surface area contributed by atoms with Crippen LogP contribution in [0.4, 0.5) is 5.00 Å². The second-order valence-electron chi connectivity index (χ2n) is 4.23. The predicted molar refractivity (Wildman–Crippen MR) is 74.6 cm³/mol. The second-order valence-corrected chi connectivity index (χ2v) is 5.00. The van der Waals surface area contributed by atoms with E-state index < -0.39 is 11.9 Å². The smallest absolute Gasteiger partial charge is 0.340 e. The third-order valence-electron chi connectivity index (χ3n) is 2.76. The molecule has 2 aromatic rings. The van der Waals surface area contributed by atoms with E-state index in [0.717, 1.165) is 11.5 Å². The molecule has 0 saturated heterocycles. The van der Waals surface area contributed by atoms with E-state index in [-0.39, 0.29) is 16.3 Å². The van der Waals surface area contributed by atoms with E-state index in [0.29, 0.717) is 16.8 Å². The first-order valence-electron chi connectivity index (χ1n) is 5.70. The monoisotopic (exact) mass is 292 g/mol. The lowest BCUT2D eigenvalue weighted by Gasteiger charge is -2.07. The summed E-state index contributed by atoms with van der Waals surface area (Å²) in [4.78, 5) is 23.2. The third kappa shape index (κ3) is 2.62. The van der Waals surface area contributed by atoms with Gasteiger partial charge in [0.2, 0.25) is 0 Å².